The van der Waals surface area contributed by atoms with Crippen molar-refractivity contribution in [3.8, 4) is 5.88 Å². The molecule has 2 fully saturated rings. The number of likely N-dealkylation sites (tertiary alicyclic amines) is 1. The quantitative estimate of drug-likeness (QED) is 0.745. The second-order valence-electron chi connectivity index (χ2n) is 7.88. The minimum absolute atomic E-state index is 0.0484. The summed E-state index contributed by atoms with van der Waals surface area (Å²) >= 11 is 0. The predicted molar refractivity (Wildman–Crippen MR) is 101 cm³/mol. The Balaban J connectivity index is 1.21. The number of rotatable bonds is 7. The number of aromatic nitrogens is 4. The van der Waals surface area contributed by atoms with E-state index in [0.717, 1.165) is 57.7 Å². The van der Waals surface area contributed by atoms with Crippen molar-refractivity contribution in [1.29, 1.82) is 0 Å². The van der Waals surface area contributed by atoms with E-state index < -0.39 is 0 Å². The predicted octanol–water partition coefficient (Wildman–Crippen LogP) is 2.45. The van der Waals surface area contributed by atoms with E-state index in [1.165, 1.54) is 5.56 Å². The average Bonchev–Trinajstić information content (AvgIpc) is 3.09. The third-order valence-electron chi connectivity index (χ3n) is 5.54. The maximum atomic E-state index is 6.18. The van der Waals surface area contributed by atoms with Gasteiger partial charge < -0.3 is 9.47 Å². The van der Waals surface area contributed by atoms with Crippen molar-refractivity contribution in [2.75, 3.05) is 26.3 Å². The maximum Gasteiger partial charge on any atom is 0.232 e. The maximum absolute atomic E-state index is 6.18. The molecule has 2 aliphatic rings. The first-order valence-corrected chi connectivity index (χ1v) is 9.93. The van der Waals surface area contributed by atoms with Crippen LogP contribution in [0.4, 0.5) is 0 Å². The van der Waals surface area contributed by atoms with Gasteiger partial charge in [0.15, 0.2) is 0 Å². The smallest absolute Gasteiger partial charge is 0.232 e. The lowest BCUT2D eigenvalue weighted by molar-refractivity contribution is -0.182. The number of ether oxygens (including phenoxy) is 2. The molecule has 1 atom stereocenters. The molecule has 7 nitrogen and oxygen atoms in total. The molecule has 0 unspecified atom stereocenters. The molecule has 7 heteroatoms. The molecule has 2 saturated heterocycles. The van der Waals surface area contributed by atoms with Gasteiger partial charge in [-0.2, -0.15) is 5.10 Å². The van der Waals surface area contributed by atoms with Crippen LogP contribution in [0.5, 0.6) is 5.88 Å². The molecule has 0 bridgehead atoms. The lowest BCUT2D eigenvalue weighted by atomic mass is 9.79. The standard InChI is InChI=1S/C20H29N5O2/c1-3-25-13-18(10-22-25)12-24-14-20(15-24)8-17(5-7-27-20)4-6-26-19-11-21-9-16(2)23-19/h9-11,13,17H,3-8,12,14-15H2,1-2H3/t17-/m1/s1. The zero-order chi connectivity index (χ0) is 18.7. The minimum Gasteiger partial charge on any atom is -0.477 e. The summed E-state index contributed by atoms with van der Waals surface area (Å²) in [5, 5.41) is 4.36. The number of hydrogen-bond donors (Lipinski definition) is 0. The lowest BCUT2D eigenvalue weighted by Gasteiger charge is -2.53. The highest BCUT2D eigenvalue weighted by atomic mass is 16.5. The Labute approximate surface area is 160 Å². The summed E-state index contributed by atoms with van der Waals surface area (Å²) in [6, 6.07) is 0. The van der Waals surface area contributed by atoms with E-state index >= 15 is 0 Å². The number of hydrogen-bond acceptors (Lipinski definition) is 6. The Kier molecular flexibility index (Phi) is 5.41. The first-order valence-electron chi connectivity index (χ1n) is 9.93. The van der Waals surface area contributed by atoms with E-state index in [-0.39, 0.29) is 5.60 Å². The Hall–Kier alpha value is -1.99. The molecule has 2 aromatic rings. The van der Waals surface area contributed by atoms with Gasteiger partial charge in [0, 0.05) is 50.7 Å². The molecule has 0 aromatic carbocycles. The second-order valence-corrected chi connectivity index (χ2v) is 7.88. The fourth-order valence-electron chi connectivity index (χ4n) is 4.24. The number of aryl methyl sites for hydroxylation is 2. The first-order chi connectivity index (χ1) is 13.1. The number of nitrogens with zero attached hydrogens (tertiary/aromatic N) is 5. The molecule has 2 aliphatic heterocycles. The zero-order valence-electron chi connectivity index (χ0n) is 16.3. The van der Waals surface area contributed by atoms with Crippen molar-refractivity contribution in [2.24, 2.45) is 5.92 Å². The summed E-state index contributed by atoms with van der Waals surface area (Å²) < 4.78 is 14.0. The molecule has 0 saturated carbocycles. The summed E-state index contributed by atoms with van der Waals surface area (Å²) in [7, 11) is 0. The molecule has 0 N–H and O–H groups in total. The largest absolute Gasteiger partial charge is 0.477 e. The highest BCUT2D eigenvalue weighted by molar-refractivity contribution is 5.09. The van der Waals surface area contributed by atoms with Crippen molar-refractivity contribution in [3.05, 3.63) is 36.0 Å². The van der Waals surface area contributed by atoms with Crippen LogP contribution in [0.1, 0.15) is 37.4 Å². The van der Waals surface area contributed by atoms with E-state index in [1.54, 1.807) is 12.4 Å². The van der Waals surface area contributed by atoms with Crippen LogP contribution in [0.3, 0.4) is 0 Å². The Bertz CT molecular complexity index is 756. The van der Waals surface area contributed by atoms with Crippen LogP contribution >= 0.6 is 0 Å². The van der Waals surface area contributed by atoms with Crippen LogP contribution in [0.15, 0.2) is 24.8 Å². The topological polar surface area (TPSA) is 65.3 Å². The van der Waals surface area contributed by atoms with Crippen LogP contribution in [0.2, 0.25) is 0 Å². The summed E-state index contributed by atoms with van der Waals surface area (Å²) in [5.74, 6) is 1.28. The SMILES string of the molecule is CCn1cc(CN2CC3(C[C@H](CCOc4cncc(C)n4)CCO3)C2)cn1. The van der Waals surface area contributed by atoms with E-state index in [2.05, 4.69) is 33.1 Å². The van der Waals surface area contributed by atoms with Gasteiger partial charge in [-0.1, -0.05) is 0 Å². The van der Waals surface area contributed by atoms with Crippen molar-refractivity contribution in [2.45, 2.75) is 51.8 Å². The molecule has 2 aromatic heterocycles. The molecule has 0 aliphatic carbocycles. The third-order valence-corrected chi connectivity index (χ3v) is 5.54. The molecule has 27 heavy (non-hydrogen) atoms. The van der Waals surface area contributed by atoms with Crippen molar-refractivity contribution in [3.63, 3.8) is 0 Å². The molecule has 0 amide bonds. The molecule has 146 valence electrons. The summed E-state index contributed by atoms with van der Waals surface area (Å²) in [4.78, 5) is 10.9. The lowest BCUT2D eigenvalue weighted by Crippen LogP contribution is -2.64. The Morgan fingerprint density at radius 2 is 2.19 bits per heavy atom. The van der Waals surface area contributed by atoms with Gasteiger partial charge in [-0.25, -0.2) is 4.98 Å². The minimum atomic E-state index is 0.0484. The van der Waals surface area contributed by atoms with E-state index in [0.29, 0.717) is 18.4 Å². The molecule has 4 heterocycles. The van der Waals surface area contributed by atoms with Gasteiger partial charge in [-0.15, -0.1) is 0 Å². The van der Waals surface area contributed by atoms with Gasteiger partial charge >= 0.3 is 0 Å². The molecular formula is C20H29N5O2. The van der Waals surface area contributed by atoms with E-state index in [9.17, 15) is 0 Å². The average molecular weight is 371 g/mol. The highest BCUT2D eigenvalue weighted by Gasteiger charge is 2.47. The van der Waals surface area contributed by atoms with Gasteiger partial charge in [0.05, 0.1) is 30.3 Å². The van der Waals surface area contributed by atoms with Crippen molar-refractivity contribution >= 4 is 0 Å². The van der Waals surface area contributed by atoms with E-state index in [1.807, 2.05) is 17.8 Å². The summed E-state index contributed by atoms with van der Waals surface area (Å²) in [6.07, 6.45) is 10.8. The van der Waals surface area contributed by atoms with Gasteiger partial charge in [0.1, 0.15) is 0 Å². The van der Waals surface area contributed by atoms with Crippen LogP contribution in [0, 0.1) is 12.8 Å². The Morgan fingerprint density at radius 3 is 2.96 bits per heavy atom. The fraction of sp³-hybridized carbons (Fsp3) is 0.650. The van der Waals surface area contributed by atoms with Crippen molar-refractivity contribution < 1.29 is 9.47 Å². The summed E-state index contributed by atoms with van der Waals surface area (Å²) in [6.45, 7) is 9.51. The van der Waals surface area contributed by atoms with Gasteiger partial charge in [0.2, 0.25) is 5.88 Å². The van der Waals surface area contributed by atoms with Gasteiger partial charge in [0.25, 0.3) is 0 Å². The van der Waals surface area contributed by atoms with Crippen LogP contribution in [-0.2, 0) is 17.8 Å². The molecule has 4 rings (SSSR count). The van der Waals surface area contributed by atoms with Crippen LogP contribution in [-0.4, -0.2) is 56.6 Å². The van der Waals surface area contributed by atoms with Crippen LogP contribution in [0.25, 0.3) is 0 Å². The summed E-state index contributed by atoms with van der Waals surface area (Å²) in [5.41, 5.74) is 2.22. The van der Waals surface area contributed by atoms with Crippen molar-refractivity contribution in [1.82, 2.24) is 24.6 Å². The molecular weight excluding hydrogens is 342 g/mol. The highest BCUT2D eigenvalue weighted by Crippen LogP contribution is 2.38. The fourth-order valence-corrected chi connectivity index (χ4v) is 4.24. The van der Waals surface area contributed by atoms with E-state index in [4.69, 9.17) is 9.47 Å². The molecule has 0 radical (unpaired) electrons. The third kappa shape index (κ3) is 4.47. The normalized spacial score (nSPS) is 21.9. The Morgan fingerprint density at radius 1 is 1.30 bits per heavy atom. The second kappa shape index (κ2) is 7.94. The zero-order valence-corrected chi connectivity index (χ0v) is 16.3. The van der Waals surface area contributed by atoms with Crippen LogP contribution < -0.4 is 4.74 Å². The first kappa shape index (κ1) is 18.4. The van der Waals surface area contributed by atoms with Gasteiger partial charge in [-0.3, -0.25) is 14.6 Å². The monoisotopic (exact) mass is 371 g/mol. The molecule has 1 spiro atoms. The van der Waals surface area contributed by atoms with Gasteiger partial charge in [-0.05, 0) is 39.0 Å².